The number of esters is 1. The normalized spacial score (nSPS) is 12.9. The molecule has 2 N–H and O–H groups in total. The van der Waals surface area contributed by atoms with Crippen molar-refractivity contribution < 1.29 is 9.53 Å². The first-order valence-corrected chi connectivity index (χ1v) is 3.30. The molecule has 0 atom stereocenters. The Hall–Kier alpha value is -1.06. The molecule has 0 spiro atoms. The smallest absolute Gasteiger partial charge is 0.354 e. The van der Waals surface area contributed by atoms with E-state index in [0.717, 1.165) is 0 Å². The summed E-state index contributed by atoms with van der Waals surface area (Å²) in [5, 5.41) is 3.37. The number of nitrogens with two attached hydrogens (primary N) is 1. The predicted octanol–water partition coefficient (Wildman–Crippen LogP) is 0.520. The van der Waals surface area contributed by atoms with Crippen molar-refractivity contribution in [3.05, 3.63) is 0 Å². The van der Waals surface area contributed by atoms with Crippen LogP contribution in [0, 0.1) is 5.41 Å². The summed E-state index contributed by atoms with van der Waals surface area (Å²) in [6, 6.07) is 0. The van der Waals surface area contributed by atoms with Gasteiger partial charge >= 0.3 is 5.97 Å². The van der Waals surface area contributed by atoms with E-state index >= 15 is 0 Å². The number of hydrogen-bond donors (Lipinski definition) is 1. The molecule has 0 saturated carbocycles. The largest absolute Gasteiger partial charge is 0.464 e. The Morgan fingerprint density at radius 1 is 1.45 bits per heavy atom. The number of hydrogen-bond acceptors (Lipinski definition) is 4. The summed E-state index contributed by atoms with van der Waals surface area (Å²) in [5.74, 6) is 4.55. The summed E-state index contributed by atoms with van der Waals surface area (Å²) >= 11 is 0. The zero-order valence-corrected chi connectivity index (χ0v) is 7.34. The summed E-state index contributed by atoms with van der Waals surface area (Å²) in [4.78, 5) is 11.0. The van der Waals surface area contributed by atoms with E-state index in [2.05, 4.69) is 9.84 Å². The molecule has 0 aliphatic carbocycles. The van der Waals surface area contributed by atoms with Crippen molar-refractivity contribution in [3.8, 4) is 0 Å². The van der Waals surface area contributed by atoms with Crippen LogP contribution in [0.3, 0.4) is 0 Å². The molecule has 0 aliphatic heterocycles. The van der Waals surface area contributed by atoms with E-state index in [0.29, 0.717) is 0 Å². The van der Waals surface area contributed by atoms with Crippen LogP contribution in [0.25, 0.3) is 0 Å². The summed E-state index contributed by atoms with van der Waals surface area (Å²) in [7, 11) is 1.30. The average molecular weight is 158 g/mol. The molecule has 0 amide bonds. The number of carbonyl (C=O) groups excluding carboxylic acids is 1. The third-order valence-electron chi connectivity index (χ3n) is 1.22. The number of carbonyl (C=O) groups is 1. The van der Waals surface area contributed by atoms with Crippen molar-refractivity contribution in [2.24, 2.45) is 16.4 Å². The third-order valence-corrected chi connectivity index (χ3v) is 1.22. The third kappa shape index (κ3) is 2.57. The lowest BCUT2D eigenvalue weighted by molar-refractivity contribution is -0.133. The fourth-order valence-corrected chi connectivity index (χ4v) is 0.649. The lowest BCUT2D eigenvalue weighted by Gasteiger charge is -2.17. The lowest BCUT2D eigenvalue weighted by atomic mass is 9.90. The molecule has 0 aliphatic rings. The molecule has 4 nitrogen and oxygen atoms in total. The topological polar surface area (TPSA) is 64.7 Å². The zero-order valence-electron chi connectivity index (χ0n) is 7.34. The van der Waals surface area contributed by atoms with E-state index in [9.17, 15) is 4.79 Å². The first-order valence-electron chi connectivity index (χ1n) is 3.30. The highest BCUT2D eigenvalue weighted by molar-refractivity contribution is 6.38. The van der Waals surface area contributed by atoms with Crippen LogP contribution < -0.4 is 5.84 Å². The summed E-state index contributed by atoms with van der Waals surface area (Å²) < 4.78 is 4.48. The summed E-state index contributed by atoms with van der Waals surface area (Å²) in [6.07, 6.45) is 0. The molecular formula is C7H14N2O2. The van der Waals surface area contributed by atoms with Gasteiger partial charge in [0.25, 0.3) is 0 Å². The van der Waals surface area contributed by atoms with Gasteiger partial charge in [0.1, 0.15) is 0 Å². The minimum absolute atomic E-state index is 0.250. The van der Waals surface area contributed by atoms with E-state index < -0.39 is 5.97 Å². The molecular weight excluding hydrogens is 144 g/mol. The van der Waals surface area contributed by atoms with Gasteiger partial charge in [-0.1, -0.05) is 20.8 Å². The van der Waals surface area contributed by atoms with Crippen LogP contribution in [0.15, 0.2) is 5.10 Å². The van der Waals surface area contributed by atoms with Gasteiger partial charge in [0.05, 0.1) is 7.11 Å². The molecule has 0 rings (SSSR count). The molecule has 0 aromatic heterocycles. The molecule has 4 heteroatoms. The number of rotatable bonds is 1. The minimum atomic E-state index is -0.472. The van der Waals surface area contributed by atoms with Gasteiger partial charge in [-0.25, -0.2) is 4.79 Å². The maximum Gasteiger partial charge on any atom is 0.354 e. The molecule has 0 aromatic carbocycles. The second-order valence-electron chi connectivity index (χ2n) is 3.22. The Morgan fingerprint density at radius 3 is 2.00 bits per heavy atom. The summed E-state index contributed by atoms with van der Waals surface area (Å²) in [6.45, 7) is 5.53. The first-order chi connectivity index (χ1) is 4.93. The number of nitrogens with zero attached hydrogens (tertiary/aromatic N) is 1. The van der Waals surface area contributed by atoms with Gasteiger partial charge in [-0.3, -0.25) is 0 Å². The first kappa shape index (κ1) is 9.94. The lowest BCUT2D eigenvalue weighted by Crippen LogP contribution is -2.31. The predicted molar refractivity (Wildman–Crippen MR) is 43.1 cm³/mol. The van der Waals surface area contributed by atoms with E-state index in [1.54, 1.807) is 0 Å². The highest BCUT2D eigenvalue weighted by Crippen LogP contribution is 2.16. The van der Waals surface area contributed by atoms with Crippen molar-refractivity contribution in [2.75, 3.05) is 7.11 Å². The maximum atomic E-state index is 11.0. The Labute approximate surface area is 66.4 Å². The van der Waals surface area contributed by atoms with Gasteiger partial charge in [-0.05, 0) is 0 Å². The quantitative estimate of drug-likeness (QED) is 0.262. The van der Waals surface area contributed by atoms with Crippen molar-refractivity contribution in [2.45, 2.75) is 20.8 Å². The van der Waals surface area contributed by atoms with Crippen molar-refractivity contribution >= 4 is 11.7 Å². The zero-order chi connectivity index (χ0) is 9.07. The standard InChI is InChI=1S/C7H14N2O2/c1-7(2,3)5(9-8)6(10)11-4/h8H2,1-4H3. The van der Waals surface area contributed by atoms with Crippen LogP contribution >= 0.6 is 0 Å². The van der Waals surface area contributed by atoms with Gasteiger partial charge in [0.15, 0.2) is 5.71 Å². The van der Waals surface area contributed by atoms with E-state index in [1.165, 1.54) is 7.11 Å². The van der Waals surface area contributed by atoms with Gasteiger partial charge in [-0.2, -0.15) is 5.10 Å². The van der Waals surface area contributed by atoms with Crippen LogP contribution in [-0.4, -0.2) is 18.8 Å². The van der Waals surface area contributed by atoms with Crippen LogP contribution in [0.5, 0.6) is 0 Å². The minimum Gasteiger partial charge on any atom is -0.464 e. The molecule has 64 valence electrons. The maximum absolute atomic E-state index is 11.0. The number of ether oxygens (including phenoxy) is 1. The highest BCUT2D eigenvalue weighted by atomic mass is 16.5. The van der Waals surface area contributed by atoms with Crippen molar-refractivity contribution in [1.82, 2.24) is 0 Å². The van der Waals surface area contributed by atoms with Crippen molar-refractivity contribution in [1.29, 1.82) is 0 Å². The Kier molecular flexibility index (Phi) is 3.04. The van der Waals surface area contributed by atoms with Crippen LogP contribution in [0.1, 0.15) is 20.8 Å². The van der Waals surface area contributed by atoms with Gasteiger partial charge in [0.2, 0.25) is 0 Å². The van der Waals surface area contributed by atoms with Crippen LogP contribution in [0.2, 0.25) is 0 Å². The molecule has 0 radical (unpaired) electrons. The van der Waals surface area contributed by atoms with E-state index in [4.69, 9.17) is 5.84 Å². The molecule has 0 unspecified atom stereocenters. The SMILES string of the molecule is COC(=O)C(=NN)C(C)(C)C. The molecule has 0 bridgehead atoms. The second-order valence-corrected chi connectivity index (χ2v) is 3.22. The fraction of sp³-hybridized carbons (Fsp3) is 0.714. The van der Waals surface area contributed by atoms with Crippen molar-refractivity contribution in [3.63, 3.8) is 0 Å². The highest BCUT2D eigenvalue weighted by Gasteiger charge is 2.26. The van der Waals surface area contributed by atoms with Gasteiger partial charge in [-0.15, -0.1) is 0 Å². The van der Waals surface area contributed by atoms with E-state index in [-0.39, 0.29) is 11.1 Å². The Morgan fingerprint density at radius 2 is 1.91 bits per heavy atom. The van der Waals surface area contributed by atoms with E-state index in [1.807, 2.05) is 20.8 Å². The van der Waals surface area contributed by atoms with Gasteiger partial charge < -0.3 is 10.6 Å². The number of methoxy groups -OCH3 is 1. The van der Waals surface area contributed by atoms with Gasteiger partial charge in [0, 0.05) is 5.41 Å². The second kappa shape index (κ2) is 3.37. The molecule has 0 aromatic rings. The fourth-order valence-electron chi connectivity index (χ4n) is 0.649. The van der Waals surface area contributed by atoms with Crippen LogP contribution in [-0.2, 0) is 9.53 Å². The molecule has 0 saturated heterocycles. The Bertz CT molecular complexity index is 179. The van der Waals surface area contributed by atoms with Crippen LogP contribution in [0.4, 0.5) is 0 Å². The average Bonchev–Trinajstić information content (AvgIpc) is 1.86. The molecule has 11 heavy (non-hydrogen) atoms. The monoisotopic (exact) mass is 158 g/mol. The number of hydrazone groups is 1. The Balaban J connectivity index is 4.58. The summed E-state index contributed by atoms with van der Waals surface area (Å²) in [5.41, 5.74) is -0.109. The molecule has 0 heterocycles. The molecule has 0 fully saturated rings.